The van der Waals surface area contributed by atoms with Crippen LogP contribution in [0.25, 0.3) is 0 Å². The number of amides is 1. The molecule has 2 atom stereocenters. The summed E-state index contributed by atoms with van der Waals surface area (Å²) < 4.78 is 33.2. The Hall–Kier alpha value is -1.05. The van der Waals surface area contributed by atoms with E-state index in [1.165, 1.54) is 6.92 Å². The summed E-state index contributed by atoms with van der Waals surface area (Å²) in [7, 11) is 1.34. The molecule has 0 bridgehead atoms. The first kappa shape index (κ1) is 15.3. The molecule has 20 heavy (non-hydrogen) atoms. The Kier molecular flexibility index (Phi) is 4.41. The van der Waals surface area contributed by atoms with E-state index in [1.807, 2.05) is 6.92 Å². The van der Waals surface area contributed by atoms with Crippen LogP contribution in [0.2, 0.25) is 0 Å². The average molecular weight is 322 g/mol. The van der Waals surface area contributed by atoms with Crippen molar-refractivity contribution in [1.29, 1.82) is 0 Å². The van der Waals surface area contributed by atoms with Gasteiger partial charge >= 0.3 is 0 Å². The van der Waals surface area contributed by atoms with Gasteiger partial charge in [-0.25, -0.2) is 8.42 Å². The lowest BCUT2D eigenvalue weighted by Gasteiger charge is -2.19. The Balaban J connectivity index is 2.10. The van der Waals surface area contributed by atoms with E-state index >= 15 is 0 Å². The van der Waals surface area contributed by atoms with E-state index in [2.05, 4.69) is 5.32 Å². The lowest BCUT2D eigenvalue weighted by atomic mass is 10.1. The molecule has 8 heteroatoms. The van der Waals surface area contributed by atoms with Crippen molar-refractivity contribution in [2.45, 2.75) is 43.7 Å². The number of ether oxygens (including phenoxy) is 1. The Morgan fingerprint density at radius 3 is 2.75 bits per heavy atom. The van der Waals surface area contributed by atoms with Gasteiger partial charge in [0.1, 0.15) is 10.7 Å². The first-order chi connectivity index (χ1) is 9.29. The molecule has 6 nitrogen and oxygen atoms in total. The van der Waals surface area contributed by atoms with Gasteiger partial charge in [-0.15, -0.1) is 0 Å². The van der Waals surface area contributed by atoms with Crippen LogP contribution in [-0.2, 0) is 13.8 Å². The fourth-order valence-electron chi connectivity index (χ4n) is 2.19. The number of carbonyl (C=O) groups excluding carboxylic acids is 1. The SMILES string of the molecule is Cc1oc(C(=O)NC(C)C2CCCO2)cc1S(=O)(=O)Cl. The monoisotopic (exact) mass is 321 g/mol. The summed E-state index contributed by atoms with van der Waals surface area (Å²) in [6.07, 6.45) is 1.84. The fraction of sp³-hybridized carbons (Fsp3) is 0.583. The molecule has 1 fully saturated rings. The number of aryl methyl sites for hydroxylation is 1. The average Bonchev–Trinajstić information content (AvgIpc) is 2.95. The number of hydrogen-bond donors (Lipinski definition) is 1. The molecular weight excluding hydrogens is 306 g/mol. The van der Waals surface area contributed by atoms with Crippen molar-refractivity contribution in [1.82, 2.24) is 5.32 Å². The third-order valence-corrected chi connectivity index (χ3v) is 4.67. The lowest BCUT2D eigenvalue weighted by molar-refractivity contribution is 0.0696. The number of carbonyl (C=O) groups is 1. The zero-order valence-corrected chi connectivity index (χ0v) is 12.8. The van der Waals surface area contributed by atoms with Crippen molar-refractivity contribution in [3.05, 3.63) is 17.6 Å². The highest BCUT2D eigenvalue weighted by molar-refractivity contribution is 8.13. The van der Waals surface area contributed by atoms with E-state index in [4.69, 9.17) is 19.8 Å². The molecule has 1 aromatic heterocycles. The molecular formula is C12H16ClNO5S. The van der Waals surface area contributed by atoms with Crippen LogP contribution >= 0.6 is 10.7 Å². The Morgan fingerprint density at radius 2 is 2.25 bits per heavy atom. The minimum absolute atomic E-state index is 0.0220. The largest absolute Gasteiger partial charge is 0.455 e. The highest BCUT2D eigenvalue weighted by atomic mass is 35.7. The lowest BCUT2D eigenvalue weighted by Crippen LogP contribution is -2.40. The van der Waals surface area contributed by atoms with E-state index in [1.54, 1.807) is 0 Å². The topological polar surface area (TPSA) is 85.6 Å². The van der Waals surface area contributed by atoms with E-state index in [0.717, 1.165) is 18.9 Å². The van der Waals surface area contributed by atoms with Crippen LogP contribution in [0.1, 0.15) is 36.1 Å². The number of nitrogens with one attached hydrogen (secondary N) is 1. The van der Waals surface area contributed by atoms with Gasteiger partial charge in [-0.1, -0.05) is 0 Å². The Labute approximate surface area is 121 Å². The van der Waals surface area contributed by atoms with E-state index in [0.29, 0.717) is 6.61 Å². The van der Waals surface area contributed by atoms with Crippen LogP contribution in [0.5, 0.6) is 0 Å². The zero-order valence-electron chi connectivity index (χ0n) is 11.2. The zero-order chi connectivity index (χ0) is 14.9. The van der Waals surface area contributed by atoms with Crippen molar-refractivity contribution >= 4 is 25.6 Å². The van der Waals surface area contributed by atoms with Gasteiger partial charge in [0, 0.05) is 23.4 Å². The number of halogens is 1. The second-order valence-electron chi connectivity index (χ2n) is 4.78. The van der Waals surface area contributed by atoms with Gasteiger partial charge in [0.25, 0.3) is 15.0 Å². The summed E-state index contributed by atoms with van der Waals surface area (Å²) in [4.78, 5) is 11.8. The molecule has 1 saturated heterocycles. The smallest absolute Gasteiger partial charge is 0.287 e. The molecule has 2 rings (SSSR count). The van der Waals surface area contributed by atoms with E-state index in [9.17, 15) is 13.2 Å². The molecule has 2 unspecified atom stereocenters. The van der Waals surface area contributed by atoms with Crippen LogP contribution in [-0.4, -0.2) is 33.1 Å². The highest BCUT2D eigenvalue weighted by Crippen LogP contribution is 2.23. The van der Waals surface area contributed by atoms with E-state index < -0.39 is 15.0 Å². The summed E-state index contributed by atoms with van der Waals surface area (Å²) in [6.45, 7) is 3.97. The molecule has 2 heterocycles. The summed E-state index contributed by atoms with van der Waals surface area (Å²) in [5.41, 5.74) is 0. The summed E-state index contributed by atoms with van der Waals surface area (Å²) in [5, 5.41) is 2.73. The van der Waals surface area contributed by atoms with Crippen molar-refractivity contribution in [2.24, 2.45) is 0 Å². The van der Waals surface area contributed by atoms with Crippen molar-refractivity contribution < 1.29 is 22.4 Å². The maximum Gasteiger partial charge on any atom is 0.287 e. The molecule has 1 N–H and O–H groups in total. The molecule has 1 aromatic rings. The molecule has 0 saturated carbocycles. The van der Waals surface area contributed by atoms with Gasteiger partial charge in [-0.3, -0.25) is 4.79 Å². The fourth-order valence-corrected chi connectivity index (χ4v) is 3.28. The first-order valence-corrected chi connectivity index (χ1v) is 8.57. The highest BCUT2D eigenvalue weighted by Gasteiger charge is 2.27. The second-order valence-corrected chi connectivity index (χ2v) is 7.32. The first-order valence-electron chi connectivity index (χ1n) is 6.26. The van der Waals surface area contributed by atoms with Gasteiger partial charge < -0.3 is 14.5 Å². The standard InChI is InChI=1S/C12H16ClNO5S/c1-7(9-4-3-5-18-9)14-12(15)10-6-11(8(2)19-10)20(13,16)17/h6-7,9H,3-5H2,1-2H3,(H,14,15). The third-order valence-electron chi connectivity index (χ3n) is 3.24. The predicted molar refractivity (Wildman–Crippen MR) is 72.4 cm³/mol. The van der Waals surface area contributed by atoms with Gasteiger partial charge in [0.2, 0.25) is 0 Å². The Bertz CT molecular complexity index is 603. The molecule has 1 aliphatic rings. The quantitative estimate of drug-likeness (QED) is 0.855. The molecule has 1 aliphatic heterocycles. The van der Waals surface area contributed by atoms with Crippen LogP contribution in [0, 0.1) is 6.92 Å². The number of rotatable bonds is 4. The minimum Gasteiger partial charge on any atom is -0.455 e. The maximum atomic E-state index is 12.0. The van der Waals surface area contributed by atoms with Crippen LogP contribution < -0.4 is 5.32 Å². The summed E-state index contributed by atoms with van der Waals surface area (Å²) >= 11 is 0. The second kappa shape index (κ2) is 5.75. The summed E-state index contributed by atoms with van der Waals surface area (Å²) in [6, 6.07) is 0.960. The molecule has 0 aliphatic carbocycles. The molecule has 0 aromatic carbocycles. The van der Waals surface area contributed by atoms with Crippen molar-refractivity contribution in [2.75, 3.05) is 6.61 Å². The van der Waals surface area contributed by atoms with E-state index in [-0.39, 0.29) is 28.6 Å². The van der Waals surface area contributed by atoms with Gasteiger partial charge in [-0.05, 0) is 26.7 Å². The van der Waals surface area contributed by atoms with Gasteiger partial charge in [0.15, 0.2) is 5.76 Å². The van der Waals surface area contributed by atoms with Crippen molar-refractivity contribution in [3.8, 4) is 0 Å². The number of furan rings is 1. The molecule has 0 spiro atoms. The van der Waals surface area contributed by atoms with Crippen LogP contribution in [0.4, 0.5) is 0 Å². The normalized spacial score (nSPS) is 20.9. The third kappa shape index (κ3) is 3.34. The van der Waals surface area contributed by atoms with Gasteiger partial charge in [0.05, 0.1) is 12.1 Å². The molecule has 1 amide bonds. The van der Waals surface area contributed by atoms with Crippen LogP contribution in [0.3, 0.4) is 0 Å². The van der Waals surface area contributed by atoms with Gasteiger partial charge in [-0.2, -0.15) is 0 Å². The van der Waals surface area contributed by atoms with Crippen molar-refractivity contribution in [3.63, 3.8) is 0 Å². The Morgan fingerprint density at radius 1 is 1.55 bits per heavy atom. The molecule has 112 valence electrons. The number of hydrogen-bond acceptors (Lipinski definition) is 5. The minimum atomic E-state index is -3.92. The predicted octanol–water partition coefficient (Wildman–Crippen LogP) is 1.81. The van der Waals surface area contributed by atoms with Crippen LogP contribution in [0.15, 0.2) is 15.4 Å². The maximum absolute atomic E-state index is 12.0. The molecule has 0 radical (unpaired) electrons. The summed E-state index contributed by atoms with van der Waals surface area (Å²) in [5.74, 6) is -0.468.